The van der Waals surface area contributed by atoms with Crippen molar-refractivity contribution in [3.05, 3.63) is 4.91 Å². The maximum atomic E-state index is 11.4. The zero-order valence-corrected chi connectivity index (χ0v) is 13.2. The third-order valence-corrected chi connectivity index (χ3v) is 4.31. The van der Waals surface area contributed by atoms with E-state index in [1.807, 2.05) is 4.72 Å². The van der Waals surface area contributed by atoms with Crippen molar-refractivity contribution in [1.82, 2.24) is 15.0 Å². The topological polar surface area (TPSA) is 168 Å². The second-order valence-electron chi connectivity index (χ2n) is 3.71. The first-order valence-corrected chi connectivity index (χ1v) is 9.44. The lowest BCUT2D eigenvalue weighted by Crippen LogP contribution is -2.41. The van der Waals surface area contributed by atoms with E-state index in [1.165, 1.54) is 0 Å². The molecule has 0 radical (unpaired) electrons. The maximum Gasteiger partial charge on any atom is 0.340 e. The number of nitroso groups, excluding NO2 is 1. The van der Waals surface area contributed by atoms with Gasteiger partial charge in [0.05, 0.1) is 23.3 Å². The van der Waals surface area contributed by atoms with Crippen molar-refractivity contribution in [3.8, 4) is 0 Å². The molecule has 0 bridgehead atoms. The van der Waals surface area contributed by atoms with E-state index in [-0.39, 0.29) is 25.5 Å². The number of alkyl halides is 1. The molecule has 0 aliphatic carbocycles. The summed E-state index contributed by atoms with van der Waals surface area (Å²) >= 11 is 5.33. The summed E-state index contributed by atoms with van der Waals surface area (Å²) in [5.41, 5.74) is 0. The molecule has 21 heavy (non-hydrogen) atoms. The van der Waals surface area contributed by atoms with Crippen LogP contribution in [0.5, 0.6) is 0 Å². The molecule has 0 aliphatic rings. The van der Waals surface area contributed by atoms with Gasteiger partial charge in [0.25, 0.3) is 0 Å². The first-order chi connectivity index (χ1) is 9.61. The minimum atomic E-state index is -3.78. The highest BCUT2D eigenvalue weighted by molar-refractivity contribution is 7.90. The van der Waals surface area contributed by atoms with E-state index in [1.54, 1.807) is 0 Å². The number of carbonyl (C=O) groups excluding carboxylic acids is 1. The van der Waals surface area contributed by atoms with Crippen molar-refractivity contribution in [1.29, 1.82) is 0 Å². The molecule has 14 heteroatoms. The monoisotopic (exact) mass is 365 g/mol. The number of nitrogens with one attached hydrogen (secondary N) is 2. The highest BCUT2D eigenvalue weighted by Crippen LogP contribution is 1.92. The van der Waals surface area contributed by atoms with Crippen molar-refractivity contribution >= 4 is 37.7 Å². The molecule has 0 aromatic heterocycles. The number of sulfonamides is 2. The lowest BCUT2D eigenvalue weighted by atomic mass is 10.6. The van der Waals surface area contributed by atoms with Crippen LogP contribution in [0.2, 0.25) is 0 Å². The molecule has 0 aromatic carbocycles. The molecule has 0 rings (SSSR count). The smallest absolute Gasteiger partial charge is 0.335 e. The van der Waals surface area contributed by atoms with Gasteiger partial charge < -0.3 is 5.32 Å². The second kappa shape index (κ2) is 9.09. The van der Waals surface area contributed by atoms with Crippen LogP contribution in [-0.4, -0.2) is 64.9 Å². The highest BCUT2D eigenvalue weighted by Gasteiger charge is 2.15. The van der Waals surface area contributed by atoms with E-state index in [4.69, 9.17) is 16.7 Å². The van der Waals surface area contributed by atoms with Gasteiger partial charge in [0, 0.05) is 19.0 Å². The molecule has 0 heterocycles. The molecule has 4 N–H and O–H groups in total. The van der Waals surface area contributed by atoms with Crippen LogP contribution in [0.15, 0.2) is 5.29 Å². The van der Waals surface area contributed by atoms with Crippen LogP contribution in [0.3, 0.4) is 0 Å². The summed E-state index contributed by atoms with van der Waals surface area (Å²) in [6, 6.07) is -0.884. The van der Waals surface area contributed by atoms with Gasteiger partial charge in [-0.3, -0.25) is 0 Å². The molecule has 0 fully saturated rings. The van der Waals surface area contributed by atoms with E-state index < -0.39 is 37.6 Å². The first-order valence-electron chi connectivity index (χ1n) is 5.53. The van der Waals surface area contributed by atoms with E-state index in [9.17, 15) is 26.5 Å². The summed E-state index contributed by atoms with van der Waals surface area (Å²) in [4.78, 5) is 21.6. The number of urea groups is 1. The van der Waals surface area contributed by atoms with E-state index in [0.717, 1.165) is 0 Å². The predicted octanol–water partition coefficient (Wildman–Crippen LogP) is -1.87. The molecular formula is C7H16ClN5O6S2. The summed E-state index contributed by atoms with van der Waals surface area (Å²) in [5, 5.41) is 9.78. The molecule has 0 aromatic rings. The molecule has 11 nitrogen and oxygen atoms in total. The number of hydrogen-bond donors (Lipinski definition) is 3. The van der Waals surface area contributed by atoms with E-state index in [2.05, 4.69) is 10.6 Å². The molecule has 124 valence electrons. The van der Waals surface area contributed by atoms with Gasteiger partial charge in [-0.2, -0.15) is 5.01 Å². The minimum absolute atomic E-state index is 0.00736. The van der Waals surface area contributed by atoms with Crippen molar-refractivity contribution in [2.24, 2.45) is 10.4 Å². The lowest BCUT2D eigenvalue weighted by molar-refractivity contribution is 0.203. The Labute approximate surface area is 127 Å². The third-order valence-electron chi connectivity index (χ3n) is 1.98. The van der Waals surface area contributed by atoms with Gasteiger partial charge in [-0.15, -0.1) is 16.5 Å². The van der Waals surface area contributed by atoms with Crippen molar-refractivity contribution in [3.63, 3.8) is 0 Å². The summed E-state index contributed by atoms with van der Waals surface area (Å²) in [5.74, 6) is -1.05. The van der Waals surface area contributed by atoms with E-state index >= 15 is 0 Å². The van der Waals surface area contributed by atoms with Crippen LogP contribution in [0, 0.1) is 4.91 Å². The van der Waals surface area contributed by atoms with Crippen LogP contribution >= 0.6 is 11.6 Å². The number of rotatable bonds is 10. The molecule has 0 atom stereocenters. The average molecular weight is 366 g/mol. The Morgan fingerprint density at radius 1 is 1.19 bits per heavy atom. The Morgan fingerprint density at radius 2 is 1.81 bits per heavy atom. The van der Waals surface area contributed by atoms with Crippen LogP contribution < -0.4 is 15.2 Å². The van der Waals surface area contributed by atoms with Crippen molar-refractivity contribution in [2.75, 3.05) is 37.0 Å². The summed E-state index contributed by atoms with van der Waals surface area (Å²) in [6.45, 7) is -0.780. The standard InChI is InChI=1S/C7H16ClN5O6S2/c8-1-4-13(12-15)7(14)10-2-6-21(18,19)11-3-5-20(9,16)17/h11H,1-6H2,(H,10,14)(H2,9,16,17). The molecule has 0 aliphatic heterocycles. The Kier molecular flexibility index (Phi) is 8.65. The van der Waals surface area contributed by atoms with Crippen molar-refractivity contribution < 1.29 is 21.6 Å². The fourth-order valence-corrected chi connectivity index (χ4v) is 2.66. The third kappa shape index (κ3) is 10.4. The van der Waals surface area contributed by atoms with Crippen LogP contribution in [0.25, 0.3) is 0 Å². The molecular weight excluding hydrogens is 350 g/mol. The number of nitrogens with two attached hydrogens (primary N) is 1. The van der Waals surface area contributed by atoms with Crippen LogP contribution in [0.1, 0.15) is 0 Å². The summed E-state index contributed by atoms with van der Waals surface area (Å²) < 4.78 is 46.1. The number of carbonyl (C=O) groups is 1. The van der Waals surface area contributed by atoms with Gasteiger partial charge >= 0.3 is 6.03 Å². The average Bonchev–Trinajstić information content (AvgIpc) is 2.33. The van der Waals surface area contributed by atoms with Gasteiger partial charge in [0.2, 0.25) is 20.0 Å². The van der Waals surface area contributed by atoms with E-state index in [0.29, 0.717) is 5.01 Å². The van der Waals surface area contributed by atoms with Crippen molar-refractivity contribution in [2.45, 2.75) is 0 Å². The predicted molar refractivity (Wildman–Crippen MR) is 76.4 cm³/mol. The Bertz CT molecular complexity index is 550. The quantitative estimate of drug-likeness (QED) is 0.232. The lowest BCUT2D eigenvalue weighted by Gasteiger charge is -2.13. The number of amides is 2. The molecule has 0 unspecified atom stereocenters. The van der Waals surface area contributed by atoms with Gasteiger partial charge in [0.1, 0.15) is 0 Å². The molecule has 2 amide bonds. The zero-order valence-electron chi connectivity index (χ0n) is 10.9. The van der Waals surface area contributed by atoms with Gasteiger partial charge in [-0.1, -0.05) is 0 Å². The Morgan fingerprint density at radius 3 is 2.29 bits per heavy atom. The SMILES string of the molecule is NS(=O)(=O)CCNS(=O)(=O)CCNC(=O)N(CCCl)N=O. The fraction of sp³-hybridized carbons (Fsp3) is 0.857. The Balaban J connectivity index is 4.14. The molecule has 0 saturated heterocycles. The molecule has 0 saturated carbocycles. The second-order valence-corrected chi connectivity index (χ2v) is 7.74. The fourth-order valence-electron chi connectivity index (χ4n) is 1.05. The molecule has 0 spiro atoms. The summed E-state index contributed by atoms with van der Waals surface area (Å²) in [6.07, 6.45) is 0. The van der Waals surface area contributed by atoms with Gasteiger partial charge in [0.15, 0.2) is 0 Å². The minimum Gasteiger partial charge on any atom is -0.335 e. The largest absolute Gasteiger partial charge is 0.340 e. The first kappa shape index (κ1) is 20.0. The maximum absolute atomic E-state index is 11.4. The van der Waals surface area contributed by atoms with Gasteiger partial charge in [-0.05, 0) is 0 Å². The number of hydrogen-bond acceptors (Lipinski definition) is 7. The number of primary sulfonamides is 1. The summed E-state index contributed by atoms with van der Waals surface area (Å²) in [7, 11) is -7.55. The van der Waals surface area contributed by atoms with Gasteiger partial charge in [-0.25, -0.2) is 31.5 Å². The van der Waals surface area contributed by atoms with Crippen LogP contribution in [-0.2, 0) is 20.0 Å². The number of halogens is 1. The highest BCUT2D eigenvalue weighted by atomic mass is 35.5. The zero-order chi connectivity index (χ0) is 16.5. The Hall–Kier alpha value is -1.02. The van der Waals surface area contributed by atoms with Crippen LogP contribution in [0.4, 0.5) is 4.79 Å². The number of nitrogens with zero attached hydrogens (tertiary/aromatic N) is 2. The normalized spacial score (nSPS) is 11.9.